The number of hydrogen-bond donors (Lipinski definition) is 2. The molecule has 0 atom stereocenters. The summed E-state index contributed by atoms with van der Waals surface area (Å²) in [6, 6.07) is 3.28. The lowest BCUT2D eigenvalue weighted by Crippen LogP contribution is -2.24. The van der Waals surface area contributed by atoms with Gasteiger partial charge in [0.1, 0.15) is 0 Å². The Kier molecular flexibility index (Phi) is 5.18. The highest BCUT2D eigenvalue weighted by Crippen LogP contribution is 2.09. The van der Waals surface area contributed by atoms with Gasteiger partial charge in [-0.2, -0.15) is 0 Å². The van der Waals surface area contributed by atoms with Gasteiger partial charge in [-0.05, 0) is 18.2 Å². The molecule has 2 heterocycles. The molecule has 2 rings (SSSR count). The van der Waals surface area contributed by atoms with E-state index in [4.69, 9.17) is 0 Å². The van der Waals surface area contributed by atoms with Crippen molar-refractivity contribution in [1.82, 2.24) is 20.0 Å². The zero-order valence-corrected chi connectivity index (χ0v) is 12.7. The van der Waals surface area contributed by atoms with E-state index in [2.05, 4.69) is 20.0 Å². The molecule has 0 aliphatic carbocycles. The number of nitrogens with one attached hydrogen (secondary N) is 2. The average molecular weight is 312 g/mol. The number of rotatable bonds is 7. The van der Waals surface area contributed by atoms with Crippen LogP contribution < -0.4 is 10.0 Å². The van der Waals surface area contributed by atoms with Gasteiger partial charge in [-0.3, -0.25) is 4.98 Å². The van der Waals surface area contributed by atoms with Crippen LogP contribution in [0.2, 0.25) is 0 Å². The van der Waals surface area contributed by atoms with E-state index in [1.807, 2.05) is 6.92 Å². The molecule has 0 saturated heterocycles. The maximum atomic E-state index is 12.0. The van der Waals surface area contributed by atoms with E-state index in [1.165, 1.54) is 17.4 Å². The number of sulfonamides is 1. The van der Waals surface area contributed by atoms with Crippen molar-refractivity contribution < 1.29 is 8.42 Å². The van der Waals surface area contributed by atoms with Gasteiger partial charge < -0.3 is 5.32 Å². The average Bonchev–Trinajstić information content (AvgIpc) is 2.97. The first-order chi connectivity index (χ1) is 9.62. The molecule has 0 bridgehead atoms. The molecule has 6 nitrogen and oxygen atoms in total. The van der Waals surface area contributed by atoms with E-state index in [0.29, 0.717) is 6.54 Å². The fraction of sp³-hybridized carbons (Fsp3) is 0.333. The van der Waals surface area contributed by atoms with E-state index in [0.717, 1.165) is 17.0 Å². The second-order valence-corrected chi connectivity index (χ2v) is 6.76. The molecule has 0 aliphatic rings. The van der Waals surface area contributed by atoms with Crippen LogP contribution in [0.3, 0.4) is 0 Å². The second kappa shape index (κ2) is 6.89. The van der Waals surface area contributed by atoms with E-state index in [1.54, 1.807) is 24.0 Å². The van der Waals surface area contributed by atoms with Crippen LogP contribution in [0.1, 0.15) is 17.4 Å². The molecule has 8 heteroatoms. The van der Waals surface area contributed by atoms with Crippen LogP contribution in [-0.2, 0) is 23.1 Å². The van der Waals surface area contributed by atoms with Gasteiger partial charge in [0.05, 0.1) is 5.51 Å². The van der Waals surface area contributed by atoms with E-state index < -0.39 is 10.0 Å². The Morgan fingerprint density at radius 1 is 1.25 bits per heavy atom. The first kappa shape index (κ1) is 15.0. The fourth-order valence-corrected chi connectivity index (χ4v) is 3.07. The molecule has 0 radical (unpaired) electrons. The summed E-state index contributed by atoms with van der Waals surface area (Å²) >= 11 is 1.40. The first-order valence-corrected chi connectivity index (χ1v) is 8.51. The summed E-state index contributed by atoms with van der Waals surface area (Å²) in [5.74, 6) is 0. The molecule has 0 amide bonds. The molecule has 20 heavy (non-hydrogen) atoms. The van der Waals surface area contributed by atoms with Crippen LogP contribution in [0.4, 0.5) is 0 Å². The van der Waals surface area contributed by atoms with Crippen molar-refractivity contribution in [3.05, 3.63) is 40.5 Å². The van der Waals surface area contributed by atoms with Gasteiger partial charge >= 0.3 is 0 Å². The summed E-state index contributed by atoms with van der Waals surface area (Å²) in [4.78, 5) is 8.76. The topological polar surface area (TPSA) is 84.0 Å². The molecule has 2 aromatic rings. The van der Waals surface area contributed by atoms with Gasteiger partial charge in [0.15, 0.2) is 5.03 Å². The highest BCUT2D eigenvalue weighted by molar-refractivity contribution is 7.89. The van der Waals surface area contributed by atoms with Crippen molar-refractivity contribution in [2.45, 2.75) is 25.0 Å². The Bertz CT molecular complexity index is 624. The predicted octanol–water partition coefficient (Wildman–Crippen LogP) is 1.13. The van der Waals surface area contributed by atoms with Gasteiger partial charge in [0.25, 0.3) is 10.0 Å². The Hall–Kier alpha value is -1.35. The quantitative estimate of drug-likeness (QED) is 0.800. The van der Waals surface area contributed by atoms with E-state index >= 15 is 0 Å². The fourth-order valence-electron chi connectivity index (χ4n) is 1.51. The Morgan fingerprint density at radius 2 is 2.10 bits per heavy atom. The summed E-state index contributed by atoms with van der Waals surface area (Å²) < 4.78 is 26.6. The summed E-state index contributed by atoms with van der Waals surface area (Å²) in [6.07, 6.45) is 3.21. The molecule has 0 aliphatic heterocycles. The summed E-state index contributed by atoms with van der Waals surface area (Å²) in [7, 11) is -3.58. The van der Waals surface area contributed by atoms with E-state index in [9.17, 15) is 8.42 Å². The number of hydrogen-bond acceptors (Lipinski definition) is 6. The number of thiazole rings is 1. The highest BCUT2D eigenvalue weighted by Gasteiger charge is 2.15. The molecule has 0 unspecified atom stereocenters. The lowest BCUT2D eigenvalue weighted by Gasteiger charge is -2.06. The number of pyridine rings is 1. The van der Waals surface area contributed by atoms with Crippen LogP contribution >= 0.6 is 11.3 Å². The molecular formula is C12H16N4O2S2. The summed E-state index contributed by atoms with van der Waals surface area (Å²) in [5, 5.41) is 3.19. The van der Waals surface area contributed by atoms with E-state index in [-0.39, 0.29) is 11.6 Å². The third kappa shape index (κ3) is 4.07. The SMILES string of the molecule is CCNCc1ccc(S(=O)(=O)NCc2cncs2)nc1. The normalized spacial score (nSPS) is 11.7. The summed E-state index contributed by atoms with van der Waals surface area (Å²) in [6.45, 7) is 3.78. The standard InChI is InChI=1S/C12H16N4O2S2/c1-2-13-5-10-3-4-12(15-6-10)20(17,18)16-8-11-7-14-9-19-11/h3-4,6-7,9,13,16H,2,5,8H2,1H3. The molecule has 0 fully saturated rings. The molecule has 2 aromatic heterocycles. The largest absolute Gasteiger partial charge is 0.313 e. The lowest BCUT2D eigenvalue weighted by molar-refractivity contribution is 0.577. The van der Waals surface area contributed by atoms with Crippen molar-refractivity contribution in [2.24, 2.45) is 0 Å². The molecule has 0 spiro atoms. The monoisotopic (exact) mass is 312 g/mol. The van der Waals surface area contributed by atoms with Gasteiger partial charge in [-0.1, -0.05) is 13.0 Å². The van der Waals surface area contributed by atoms with Crippen molar-refractivity contribution >= 4 is 21.4 Å². The lowest BCUT2D eigenvalue weighted by atomic mass is 10.3. The second-order valence-electron chi connectivity index (χ2n) is 4.08. The van der Waals surface area contributed by atoms with Gasteiger partial charge in [0.2, 0.25) is 0 Å². The Morgan fingerprint density at radius 3 is 2.70 bits per heavy atom. The third-order valence-corrected chi connectivity index (χ3v) is 4.67. The van der Waals surface area contributed by atoms with Crippen LogP contribution in [0.5, 0.6) is 0 Å². The molecule has 0 aromatic carbocycles. The van der Waals surface area contributed by atoms with Crippen LogP contribution in [0.15, 0.2) is 35.1 Å². The highest BCUT2D eigenvalue weighted by atomic mass is 32.2. The van der Waals surface area contributed by atoms with Crippen LogP contribution in [0, 0.1) is 0 Å². The van der Waals surface area contributed by atoms with Crippen molar-refractivity contribution in [1.29, 1.82) is 0 Å². The number of aromatic nitrogens is 2. The minimum Gasteiger partial charge on any atom is -0.313 e. The molecule has 0 saturated carbocycles. The molecule has 2 N–H and O–H groups in total. The number of nitrogens with zero attached hydrogens (tertiary/aromatic N) is 2. The Labute approximate surface area is 122 Å². The van der Waals surface area contributed by atoms with Crippen molar-refractivity contribution in [3.63, 3.8) is 0 Å². The minimum atomic E-state index is -3.58. The van der Waals surface area contributed by atoms with Crippen molar-refractivity contribution in [3.8, 4) is 0 Å². The van der Waals surface area contributed by atoms with Gasteiger partial charge in [-0.15, -0.1) is 11.3 Å². The zero-order valence-electron chi connectivity index (χ0n) is 11.0. The van der Waals surface area contributed by atoms with Gasteiger partial charge in [-0.25, -0.2) is 18.1 Å². The maximum absolute atomic E-state index is 12.0. The van der Waals surface area contributed by atoms with Gasteiger partial charge in [0, 0.05) is 30.4 Å². The Balaban J connectivity index is 2.01. The maximum Gasteiger partial charge on any atom is 0.258 e. The first-order valence-electron chi connectivity index (χ1n) is 6.14. The minimum absolute atomic E-state index is 0.0299. The van der Waals surface area contributed by atoms with Crippen molar-refractivity contribution in [2.75, 3.05) is 6.54 Å². The smallest absolute Gasteiger partial charge is 0.258 e. The molecule has 108 valence electrons. The predicted molar refractivity (Wildman–Crippen MR) is 77.8 cm³/mol. The molecular weight excluding hydrogens is 296 g/mol. The van der Waals surface area contributed by atoms with Crippen LogP contribution in [0.25, 0.3) is 0 Å². The van der Waals surface area contributed by atoms with Crippen LogP contribution in [-0.4, -0.2) is 24.9 Å². The zero-order chi connectivity index (χ0) is 14.4. The summed E-state index contributed by atoms with van der Waals surface area (Å²) in [5.41, 5.74) is 2.62. The third-order valence-electron chi connectivity index (χ3n) is 2.57.